The van der Waals surface area contributed by atoms with E-state index in [1.807, 2.05) is 0 Å². The minimum absolute atomic E-state index is 0.264. The maximum Gasteiger partial charge on any atom is 0.0468 e. The fourth-order valence-corrected chi connectivity index (χ4v) is 2.34. The van der Waals surface area contributed by atoms with Crippen molar-refractivity contribution < 1.29 is 5.11 Å². The van der Waals surface area contributed by atoms with Gasteiger partial charge in [-0.1, -0.05) is 30.7 Å². The first-order valence-corrected chi connectivity index (χ1v) is 6.14. The van der Waals surface area contributed by atoms with E-state index >= 15 is 0 Å². The zero-order valence-electron chi connectivity index (χ0n) is 10.2. The molecule has 0 fully saturated rings. The van der Waals surface area contributed by atoms with Crippen molar-refractivity contribution in [3.05, 3.63) is 34.9 Å². The average molecular weight is 219 g/mol. The van der Waals surface area contributed by atoms with Gasteiger partial charge in [-0.15, -0.1) is 0 Å². The molecule has 1 aromatic carbocycles. The summed E-state index contributed by atoms with van der Waals surface area (Å²) in [4.78, 5) is 0. The summed E-state index contributed by atoms with van der Waals surface area (Å²) in [6.45, 7) is 5.38. The lowest BCUT2D eigenvalue weighted by molar-refractivity contribution is 0.230. The van der Waals surface area contributed by atoms with E-state index in [0.717, 1.165) is 6.54 Å². The largest absolute Gasteiger partial charge is 0.396 e. The van der Waals surface area contributed by atoms with Crippen LogP contribution in [0.1, 0.15) is 36.1 Å². The molecule has 0 heterocycles. The lowest BCUT2D eigenvalue weighted by atomic mass is 10.0. The summed E-state index contributed by atoms with van der Waals surface area (Å²) in [6, 6.07) is 7.23. The Hall–Kier alpha value is -0.860. The number of aryl methyl sites for hydroxylation is 2. The minimum Gasteiger partial charge on any atom is -0.396 e. The summed E-state index contributed by atoms with van der Waals surface area (Å²) in [6.07, 6.45) is 2.37. The Bertz CT molecular complexity index is 362. The van der Waals surface area contributed by atoms with Crippen molar-refractivity contribution in [2.24, 2.45) is 5.92 Å². The third kappa shape index (κ3) is 2.45. The molecule has 0 saturated carbocycles. The van der Waals surface area contributed by atoms with Crippen LogP contribution in [0.4, 0.5) is 0 Å². The monoisotopic (exact) mass is 219 g/mol. The highest BCUT2D eigenvalue weighted by Gasteiger charge is 2.21. The van der Waals surface area contributed by atoms with Gasteiger partial charge in [-0.05, 0) is 36.8 Å². The Labute approximate surface area is 97.7 Å². The molecule has 16 heavy (non-hydrogen) atoms. The molecule has 0 aliphatic heterocycles. The smallest absolute Gasteiger partial charge is 0.0468 e. The van der Waals surface area contributed by atoms with E-state index in [2.05, 4.69) is 37.4 Å². The summed E-state index contributed by atoms with van der Waals surface area (Å²) in [5.74, 6) is 0.342. The molecule has 0 bridgehead atoms. The van der Waals surface area contributed by atoms with E-state index in [-0.39, 0.29) is 6.61 Å². The van der Waals surface area contributed by atoms with E-state index in [4.69, 9.17) is 5.11 Å². The van der Waals surface area contributed by atoms with Crippen LogP contribution in [0.5, 0.6) is 0 Å². The third-order valence-corrected chi connectivity index (χ3v) is 3.40. The van der Waals surface area contributed by atoms with Gasteiger partial charge in [0, 0.05) is 19.2 Å². The topological polar surface area (TPSA) is 32.3 Å². The molecule has 2 nitrogen and oxygen atoms in total. The Morgan fingerprint density at radius 3 is 3.06 bits per heavy atom. The van der Waals surface area contributed by atoms with E-state index in [1.54, 1.807) is 0 Å². The normalized spacial score (nSPS) is 20.8. The minimum atomic E-state index is 0.264. The molecule has 2 atom stereocenters. The Morgan fingerprint density at radius 1 is 1.50 bits per heavy atom. The lowest BCUT2D eigenvalue weighted by Crippen LogP contribution is -2.26. The maximum absolute atomic E-state index is 9.01. The van der Waals surface area contributed by atoms with Crippen LogP contribution in [-0.2, 0) is 6.42 Å². The number of rotatable bonds is 4. The van der Waals surface area contributed by atoms with Gasteiger partial charge in [-0.3, -0.25) is 0 Å². The zero-order valence-corrected chi connectivity index (χ0v) is 10.2. The first-order chi connectivity index (χ1) is 7.70. The van der Waals surface area contributed by atoms with Gasteiger partial charge >= 0.3 is 0 Å². The van der Waals surface area contributed by atoms with Crippen molar-refractivity contribution in [1.82, 2.24) is 5.32 Å². The van der Waals surface area contributed by atoms with Gasteiger partial charge < -0.3 is 10.4 Å². The number of benzene rings is 1. The highest BCUT2D eigenvalue weighted by molar-refractivity contribution is 5.37. The molecular weight excluding hydrogens is 198 g/mol. The molecule has 2 unspecified atom stereocenters. The third-order valence-electron chi connectivity index (χ3n) is 3.40. The van der Waals surface area contributed by atoms with Crippen LogP contribution in [0.2, 0.25) is 0 Å². The Morgan fingerprint density at radius 2 is 2.31 bits per heavy atom. The number of aliphatic hydroxyl groups is 1. The molecule has 88 valence electrons. The molecule has 1 aliphatic rings. The van der Waals surface area contributed by atoms with Gasteiger partial charge in [0.05, 0.1) is 0 Å². The maximum atomic E-state index is 9.01. The molecule has 2 rings (SSSR count). The molecular formula is C14H21NO. The van der Waals surface area contributed by atoms with Crippen molar-refractivity contribution in [2.75, 3.05) is 13.2 Å². The van der Waals surface area contributed by atoms with Crippen LogP contribution in [0.3, 0.4) is 0 Å². The van der Waals surface area contributed by atoms with Crippen LogP contribution in [0.15, 0.2) is 18.2 Å². The van der Waals surface area contributed by atoms with Crippen molar-refractivity contribution in [3.63, 3.8) is 0 Å². The van der Waals surface area contributed by atoms with Crippen LogP contribution >= 0.6 is 0 Å². The van der Waals surface area contributed by atoms with E-state index in [0.29, 0.717) is 12.0 Å². The second-order valence-corrected chi connectivity index (χ2v) is 4.99. The van der Waals surface area contributed by atoms with Crippen LogP contribution < -0.4 is 5.32 Å². The molecule has 2 heteroatoms. The second kappa shape index (κ2) is 4.98. The van der Waals surface area contributed by atoms with Gasteiger partial charge in [-0.2, -0.15) is 0 Å². The Balaban J connectivity index is 2.02. The molecule has 1 aliphatic carbocycles. The fourth-order valence-electron chi connectivity index (χ4n) is 2.34. The van der Waals surface area contributed by atoms with Crippen molar-refractivity contribution in [3.8, 4) is 0 Å². The number of fused-ring (bicyclic) bond motifs is 1. The van der Waals surface area contributed by atoms with E-state index in [1.165, 1.54) is 29.5 Å². The summed E-state index contributed by atoms with van der Waals surface area (Å²) >= 11 is 0. The van der Waals surface area contributed by atoms with Crippen LogP contribution in [0.25, 0.3) is 0 Å². The molecule has 0 aromatic heterocycles. The van der Waals surface area contributed by atoms with Crippen LogP contribution in [0, 0.1) is 12.8 Å². The SMILES string of the molecule is Cc1ccc2c(c1)C(NCC(C)CO)CC2. The highest BCUT2D eigenvalue weighted by atomic mass is 16.3. The van der Waals surface area contributed by atoms with Crippen molar-refractivity contribution in [1.29, 1.82) is 0 Å². The molecule has 2 N–H and O–H groups in total. The van der Waals surface area contributed by atoms with Gasteiger partial charge in [0.1, 0.15) is 0 Å². The molecule has 0 radical (unpaired) electrons. The fraction of sp³-hybridized carbons (Fsp3) is 0.571. The summed E-state index contributed by atoms with van der Waals surface area (Å²) in [5.41, 5.74) is 4.28. The summed E-state index contributed by atoms with van der Waals surface area (Å²) in [5, 5.41) is 12.6. The molecule has 1 aromatic rings. The molecule has 0 amide bonds. The number of hydrogen-bond acceptors (Lipinski definition) is 2. The molecule has 0 saturated heterocycles. The van der Waals surface area contributed by atoms with Gasteiger partial charge in [0.25, 0.3) is 0 Å². The van der Waals surface area contributed by atoms with Gasteiger partial charge in [-0.25, -0.2) is 0 Å². The zero-order chi connectivity index (χ0) is 11.5. The van der Waals surface area contributed by atoms with Crippen LogP contribution in [-0.4, -0.2) is 18.3 Å². The van der Waals surface area contributed by atoms with E-state index in [9.17, 15) is 0 Å². The summed E-state index contributed by atoms with van der Waals surface area (Å²) in [7, 11) is 0. The standard InChI is InChI=1S/C14H21NO/c1-10-3-4-12-5-6-14(13(12)7-10)15-8-11(2)9-16/h3-4,7,11,14-16H,5-6,8-9H2,1-2H3. The quantitative estimate of drug-likeness (QED) is 0.813. The predicted octanol–water partition coefficient (Wildman–Crippen LogP) is 2.20. The highest BCUT2D eigenvalue weighted by Crippen LogP contribution is 2.31. The second-order valence-electron chi connectivity index (χ2n) is 4.99. The number of nitrogens with one attached hydrogen (secondary N) is 1. The van der Waals surface area contributed by atoms with Crippen molar-refractivity contribution >= 4 is 0 Å². The van der Waals surface area contributed by atoms with Crippen molar-refractivity contribution in [2.45, 2.75) is 32.7 Å². The Kier molecular flexibility index (Phi) is 3.62. The predicted molar refractivity (Wildman–Crippen MR) is 66.5 cm³/mol. The first kappa shape index (κ1) is 11.6. The first-order valence-electron chi connectivity index (χ1n) is 6.14. The number of hydrogen-bond donors (Lipinski definition) is 2. The lowest BCUT2D eigenvalue weighted by Gasteiger charge is -2.17. The van der Waals surface area contributed by atoms with E-state index < -0.39 is 0 Å². The van der Waals surface area contributed by atoms with Gasteiger partial charge in [0.2, 0.25) is 0 Å². The van der Waals surface area contributed by atoms with Gasteiger partial charge in [0.15, 0.2) is 0 Å². The average Bonchev–Trinajstić information content (AvgIpc) is 2.68. The molecule has 0 spiro atoms. The summed E-state index contributed by atoms with van der Waals surface area (Å²) < 4.78 is 0. The number of aliphatic hydroxyl groups excluding tert-OH is 1.